The standard InChI is InChI=1S/C16H18N6/c1-3-14(13-10-19-22(2)11-13)20-16-18-9-6-15(21-16)12-4-7-17-8-5-12/h4-11,14H,3H2,1-2H3,(H,18,20,21)/t14-/m1/s1. The van der Waals surface area contributed by atoms with Gasteiger partial charge in [0.25, 0.3) is 0 Å². The van der Waals surface area contributed by atoms with Crippen molar-refractivity contribution in [3.63, 3.8) is 0 Å². The summed E-state index contributed by atoms with van der Waals surface area (Å²) in [6.07, 6.45) is 10.1. The smallest absolute Gasteiger partial charge is 0.223 e. The lowest BCUT2D eigenvalue weighted by molar-refractivity contribution is 0.732. The SMILES string of the molecule is CC[C@@H](Nc1nccc(-c2ccncc2)n1)c1cnn(C)c1. The first-order valence-electron chi connectivity index (χ1n) is 7.25. The highest BCUT2D eigenvalue weighted by Gasteiger charge is 2.12. The second kappa shape index (κ2) is 6.34. The third kappa shape index (κ3) is 3.11. The van der Waals surface area contributed by atoms with Crippen molar-refractivity contribution in [2.24, 2.45) is 7.05 Å². The molecule has 0 aliphatic heterocycles. The first-order valence-corrected chi connectivity index (χ1v) is 7.25. The lowest BCUT2D eigenvalue weighted by atomic mass is 10.1. The molecule has 3 rings (SSSR count). The van der Waals surface area contributed by atoms with Crippen molar-refractivity contribution in [3.8, 4) is 11.3 Å². The molecule has 0 aromatic carbocycles. The summed E-state index contributed by atoms with van der Waals surface area (Å²) < 4.78 is 1.80. The summed E-state index contributed by atoms with van der Waals surface area (Å²) in [6.45, 7) is 2.12. The number of hydrogen-bond acceptors (Lipinski definition) is 5. The van der Waals surface area contributed by atoms with E-state index in [-0.39, 0.29) is 6.04 Å². The lowest BCUT2D eigenvalue weighted by Crippen LogP contribution is -2.11. The molecule has 1 N–H and O–H groups in total. The fraction of sp³-hybridized carbons (Fsp3) is 0.250. The quantitative estimate of drug-likeness (QED) is 0.783. The minimum absolute atomic E-state index is 0.140. The Morgan fingerprint density at radius 1 is 1.18 bits per heavy atom. The van der Waals surface area contributed by atoms with E-state index in [0.29, 0.717) is 5.95 Å². The average Bonchev–Trinajstić information content (AvgIpc) is 3.00. The van der Waals surface area contributed by atoms with E-state index in [2.05, 4.69) is 32.3 Å². The zero-order chi connectivity index (χ0) is 15.4. The van der Waals surface area contributed by atoms with Crippen LogP contribution in [0.4, 0.5) is 5.95 Å². The molecule has 0 aliphatic carbocycles. The number of nitrogens with one attached hydrogen (secondary N) is 1. The summed E-state index contributed by atoms with van der Waals surface area (Å²) in [7, 11) is 1.91. The Labute approximate surface area is 129 Å². The Hall–Kier alpha value is -2.76. The molecule has 3 aromatic heterocycles. The van der Waals surface area contributed by atoms with Gasteiger partial charge in [-0.05, 0) is 24.6 Å². The molecule has 22 heavy (non-hydrogen) atoms. The largest absolute Gasteiger partial charge is 0.347 e. The lowest BCUT2D eigenvalue weighted by Gasteiger charge is -2.15. The van der Waals surface area contributed by atoms with Crippen LogP contribution in [-0.4, -0.2) is 24.7 Å². The highest BCUT2D eigenvalue weighted by Crippen LogP contribution is 2.22. The fourth-order valence-electron chi connectivity index (χ4n) is 2.31. The van der Waals surface area contributed by atoms with E-state index in [0.717, 1.165) is 23.2 Å². The second-order valence-corrected chi connectivity index (χ2v) is 5.05. The van der Waals surface area contributed by atoms with Crippen molar-refractivity contribution < 1.29 is 0 Å². The van der Waals surface area contributed by atoms with Crippen LogP contribution < -0.4 is 5.32 Å². The highest BCUT2D eigenvalue weighted by atomic mass is 15.2. The molecular formula is C16H18N6. The third-order valence-corrected chi connectivity index (χ3v) is 3.47. The van der Waals surface area contributed by atoms with Gasteiger partial charge in [0.1, 0.15) is 0 Å². The molecule has 112 valence electrons. The first-order chi connectivity index (χ1) is 10.8. The van der Waals surface area contributed by atoms with Gasteiger partial charge in [-0.25, -0.2) is 9.97 Å². The highest BCUT2D eigenvalue weighted by molar-refractivity contribution is 5.59. The number of rotatable bonds is 5. The molecule has 0 fully saturated rings. The Morgan fingerprint density at radius 3 is 2.68 bits per heavy atom. The van der Waals surface area contributed by atoms with Crippen LogP contribution in [0.1, 0.15) is 24.9 Å². The molecule has 0 spiro atoms. The van der Waals surface area contributed by atoms with Crippen LogP contribution >= 0.6 is 0 Å². The number of hydrogen-bond donors (Lipinski definition) is 1. The minimum Gasteiger partial charge on any atom is -0.347 e. The van der Waals surface area contributed by atoms with Crippen LogP contribution in [0.15, 0.2) is 49.2 Å². The molecule has 6 nitrogen and oxygen atoms in total. The van der Waals surface area contributed by atoms with Gasteiger partial charge in [-0.3, -0.25) is 9.67 Å². The maximum atomic E-state index is 4.59. The van der Waals surface area contributed by atoms with Crippen LogP contribution in [0.2, 0.25) is 0 Å². The summed E-state index contributed by atoms with van der Waals surface area (Å²) in [6, 6.07) is 5.90. The van der Waals surface area contributed by atoms with Gasteiger partial charge in [-0.15, -0.1) is 0 Å². The van der Waals surface area contributed by atoms with Crippen molar-refractivity contribution >= 4 is 5.95 Å². The molecule has 0 saturated carbocycles. The summed E-state index contributed by atoms with van der Waals surface area (Å²) in [5.74, 6) is 0.616. The Morgan fingerprint density at radius 2 is 2.00 bits per heavy atom. The zero-order valence-electron chi connectivity index (χ0n) is 12.6. The molecule has 0 radical (unpaired) electrons. The monoisotopic (exact) mass is 294 g/mol. The van der Waals surface area contributed by atoms with Crippen molar-refractivity contribution in [2.45, 2.75) is 19.4 Å². The van der Waals surface area contributed by atoms with E-state index in [1.165, 1.54) is 0 Å². The van der Waals surface area contributed by atoms with Crippen molar-refractivity contribution in [1.29, 1.82) is 0 Å². The maximum absolute atomic E-state index is 4.59. The van der Waals surface area contributed by atoms with Crippen LogP contribution in [0.5, 0.6) is 0 Å². The maximum Gasteiger partial charge on any atom is 0.223 e. The molecule has 0 amide bonds. The molecule has 0 bridgehead atoms. The number of anilines is 1. The van der Waals surface area contributed by atoms with Crippen LogP contribution in [0.3, 0.4) is 0 Å². The Bertz CT molecular complexity index is 737. The fourth-order valence-corrected chi connectivity index (χ4v) is 2.31. The van der Waals surface area contributed by atoms with Crippen molar-refractivity contribution in [3.05, 3.63) is 54.7 Å². The van der Waals surface area contributed by atoms with Crippen LogP contribution in [0, 0.1) is 0 Å². The minimum atomic E-state index is 0.140. The Balaban J connectivity index is 1.83. The number of aryl methyl sites for hydroxylation is 1. The van der Waals surface area contributed by atoms with E-state index in [9.17, 15) is 0 Å². The number of nitrogens with zero attached hydrogens (tertiary/aromatic N) is 5. The van der Waals surface area contributed by atoms with E-state index >= 15 is 0 Å². The molecule has 0 unspecified atom stereocenters. The molecular weight excluding hydrogens is 276 g/mol. The number of aromatic nitrogens is 5. The molecule has 1 atom stereocenters. The van der Waals surface area contributed by atoms with Gasteiger partial charge in [0.2, 0.25) is 5.95 Å². The van der Waals surface area contributed by atoms with Crippen LogP contribution in [0.25, 0.3) is 11.3 Å². The predicted octanol–water partition coefficient (Wildman–Crippen LogP) is 2.84. The number of pyridine rings is 1. The van der Waals surface area contributed by atoms with E-state index in [1.54, 1.807) is 23.3 Å². The van der Waals surface area contributed by atoms with E-state index in [4.69, 9.17) is 0 Å². The van der Waals surface area contributed by atoms with Gasteiger partial charge in [0.05, 0.1) is 17.9 Å². The average molecular weight is 294 g/mol. The summed E-state index contributed by atoms with van der Waals surface area (Å²) in [5.41, 5.74) is 3.03. The second-order valence-electron chi connectivity index (χ2n) is 5.05. The van der Waals surface area contributed by atoms with E-state index in [1.807, 2.05) is 37.6 Å². The van der Waals surface area contributed by atoms with Crippen molar-refractivity contribution in [1.82, 2.24) is 24.7 Å². The van der Waals surface area contributed by atoms with Crippen molar-refractivity contribution in [2.75, 3.05) is 5.32 Å². The van der Waals surface area contributed by atoms with Gasteiger partial charge >= 0.3 is 0 Å². The molecule has 3 heterocycles. The first kappa shape index (κ1) is 14.2. The summed E-state index contributed by atoms with van der Waals surface area (Å²) >= 11 is 0. The summed E-state index contributed by atoms with van der Waals surface area (Å²) in [5, 5.41) is 7.60. The molecule has 3 aromatic rings. The van der Waals surface area contributed by atoms with Gasteiger partial charge in [0.15, 0.2) is 0 Å². The predicted molar refractivity (Wildman–Crippen MR) is 85.1 cm³/mol. The Kier molecular flexibility index (Phi) is 4.09. The normalized spacial score (nSPS) is 12.1. The molecule has 0 saturated heterocycles. The summed E-state index contributed by atoms with van der Waals surface area (Å²) in [4.78, 5) is 12.9. The van der Waals surface area contributed by atoms with Crippen LogP contribution in [-0.2, 0) is 7.05 Å². The third-order valence-electron chi connectivity index (χ3n) is 3.47. The van der Waals surface area contributed by atoms with Gasteiger partial charge in [-0.2, -0.15) is 5.10 Å². The van der Waals surface area contributed by atoms with Gasteiger partial charge in [-0.1, -0.05) is 6.92 Å². The molecule has 0 aliphatic rings. The van der Waals surface area contributed by atoms with Gasteiger partial charge < -0.3 is 5.32 Å². The topological polar surface area (TPSA) is 68.5 Å². The zero-order valence-corrected chi connectivity index (χ0v) is 12.6. The van der Waals surface area contributed by atoms with Gasteiger partial charge in [0, 0.05) is 43.0 Å². The van der Waals surface area contributed by atoms with E-state index < -0.39 is 0 Å². The molecule has 6 heteroatoms.